The maximum atomic E-state index is 12.9. The molecular formula is C77H138O6. The minimum Gasteiger partial charge on any atom is -0.462 e. The van der Waals surface area contributed by atoms with Crippen molar-refractivity contribution in [2.75, 3.05) is 13.2 Å². The van der Waals surface area contributed by atoms with Gasteiger partial charge in [-0.05, 0) is 89.9 Å². The SMILES string of the molecule is CC/C=C\C/C=C\C/C=C\C/C=C\C/C=C\CCCCCCCCCC(=O)OC(COC(=O)CCCCCCCCCCC)COC(=O)CCCCCCCCCCCCCCCCCCCCCCC/C=C\CCCCCCCCCC. The molecule has 1 unspecified atom stereocenters. The van der Waals surface area contributed by atoms with Crippen LogP contribution in [0.15, 0.2) is 72.9 Å². The van der Waals surface area contributed by atoms with Gasteiger partial charge in [0.2, 0.25) is 0 Å². The fraction of sp³-hybridized carbons (Fsp3) is 0.805. The van der Waals surface area contributed by atoms with Gasteiger partial charge in [0.1, 0.15) is 13.2 Å². The van der Waals surface area contributed by atoms with Crippen molar-refractivity contribution < 1.29 is 28.6 Å². The van der Waals surface area contributed by atoms with Crippen LogP contribution in [0.2, 0.25) is 0 Å². The summed E-state index contributed by atoms with van der Waals surface area (Å²) in [6.45, 7) is 6.55. The van der Waals surface area contributed by atoms with Crippen molar-refractivity contribution in [2.24, 2.45) is 0 Å². The van der Waals surface area contributed by atoms with Crippen molar-refractivity contribution in [1.29, 1.82) is 0 Å². The molecule has 0 rings (SSSR count). The molecule has 0 spiro atoms. The Kier molecular flexibility index (Phi) is 68.6. The average molecular weight is 1160 g/mol. The van der Waals surface area contributed by atoms with Crippen molar-refractivity contribution in [3.8, 4) is 0 Å². The third-order valence-electron chi connectivity index (χ3n) is 16.2. The van der Waals surface area contributed by atoms with Crippen molar-refractivity contribution in [3.63, 3.8) is 0 Å². The Labute approximate surface area is 516 Å². The largest absolute Gasteiger partial charge is 0.462 e. The summed E-state index contributed by atoms with van der Waals surface area (Å²) in [5.74, 6) is -0.869. The summed E-state index contributed by atoms with van der Waals surface area (Å²) in [5.41, 5.74) is 0. The van der Waals surface area contributed by atoms with Gasteiger partial charge in [-0.1, -0.05) is 344 Å². The first-order valence-corrected chi connectivity index (χ1v) is 36.4. The van der Waals surface area contributed by atoms with Gasteiger partial charge in [-0.15, -0.1) is 0 Å². The number of unbranched alkanes of at least 4 members (excludes halogenated alkanes) is 44. The Balaban J connectivity index is 4.08. The molecule has 0 aromatic rings. The van der Waals surface area contributed by atoms with Crippen LogP contribution < -0.4 is 0 Å². The van der Waals surface area contributed by atoms with Gasteiger partial charge in [-0.2, -0.15) is 0 Å². The predicted molar refractivity (Wildman–Crippen MR) is 362 cm³/mol. The summed E-state index contributed by atoms with van der Waals surface area (Å²) >= 11 is 0. The first-order valence-electron chi connectivity index (χ1n) is 36.4. The minimum absolute atomic E-state index is 0.0756. The highest BCUT2D eigenvalue weighted by Crippen LogP contribution is 2.18. The molecule has 0 aromatic carbocycles. The molecule has 0 fully saturated rings. The van der Waals surface area contributed by atoms with Crippen LogP contribution in [0.1, 0.15) is 380 Å². The second kappa shape index (κ2) is 71.3. The van der Waals surface area contributed by atoms with Crippen LogP contribution in [-0.2, 0) is 28.6 Å². The summed E-state index contributed by atoms with van der Waals surface area (Å²) in [6.07, 6.45) is 93.9. The summed E-state index contributed by atoms with van der Waals surface area (Å²) < 4.78 is 16.9. The zero-order valence-corrected chi connectivity index (χ0v) is 55.5. The highest BCUT2D eigenvalue weighted by molar-refractivity contribution is 5.71. The van der Waals surface area contributed by atoms with Crippen molar-refractivity contribution in [3.05, 3.63) is 72.9 Å². The van der Waals surface area contributed by atoms with Crippen LogP contribution in [-0.4, -0.2) is 37.2 Å². The predicted octanol–water partition coefficient (Wildman–Crippen LogP) is 25.2. The summed E-state index contributed by atoms with van der Waals surface area (Å²) in [5, 5.41) is 0. The molecule has 6 heteroatoms. The highest BCUT2D eigenvalue weighted by atomic mass is 16.6. The van der Waals surface area contributed by atoms with Crippen LogP contribution in [0.25, 0.3) is 0 Å². The number of allylic oxidation sites excluding steroid dienone is 12. The van der Waals surface area contributed by atoms with Gasteiger partial charge in [-0.3, -0.25) is 14.4 Å². The molecule has 0 N–H and O–H groups in total. The maximum Gasteiger partial charge on any atom is 0.306 e. The maximum absolute atomic E-state index is 12.9. The molecule has 0 bridgehead atoms. The first kappa shape index (κ1) is 79.8. The van der Waals surface area contributed by atoms with Crippen molar-refractivity contribution in [1.82, 2.24) is 0 Å². The Morgan fingerprint density at radius 2 is 0.470 bits per heavy atom. The average Bonchev–Trinajstić information content (AvgIpc) is 3.49. The number of esters is 3. The van der Waals surface area contributed by atoms with E-state index in [1.54, 1.807) is 0 Å². The molecule has 482 valence electrons. The zero-order chi connectivity index (χ0) is 59.9. The molecule has 0 aliphatic heterocycles. The number of carbonyl (C=O) groups excluding carboxylic acids is 3. The number of hydrogen-bond donors (Lipinski definition) is 0. The second-order valence-corrected chi connectivity index (χ2v) is 24.5. The number of carbonyl (C=O) groups is 3. The van der Waals surface area contributed by atoms with Crippen molar-refractivity contribution >= 4 is 17.9 Å². The van der Waals surface area contributed by atoms with E-state index in [2.05, 4.69) is 93.7 Å². The Bertz CT molecular complexity index is 1520. The summed E-state index contributed by atoms with van der Waals surface area (Å²) in [4.78, 5) is 38.3. The van der Waals surface area contributed by atoms with Gasteiger partial charge in [0.05, 0.1) is 0 Å². The number of hydrogen-bond acceptors (Lipinski definition) is 6. The Hall–Kier alpha value is -3.15. The first-order chi connectivity index (χ1) is 41.0. The van der Waals surface area contributed by atoms with E-state index in [1.807, 2.05) is 0 Å². The minimum atomic E-state index is -0.779. The van der Waals surface area contributed by atoms with Gasteiger partial charge in [0, 0.05) is 19.3 Å². The molecule has 83 heavy (non-hydrogen) atoms. The topological polar surface area (TPSA) is 78.9 Å². The van der Waals surface area contributed by atoms with Crippen LogP contribution in [0, 0.1) is 0 Å². The molecule has 0 radical (unpaired) electrons. The molecule has 0 aliphatic rings. The van der Waals surface area contributed by atoms with E-state index in [1.165, 1.54) is 244 Å². The van der Waals surface area contributed by atoms with E-state index >= 15 is 0 Å². The lowest BCUT2D eigenvalue weighted by Gasteiger charge is -2.18. The van der Waals surface area contributed by atoms with E-state index in [4.69, 9.17) is 14.2 Å². The Morgan fingerprint density at radius 3 is 0.747 bits per heavy atom. The lowest BCUT2D eigenvalue weighted by atomic mass is 10.0. The van der Waals surface area contributed by atoms with E-state index in [0.29, 0.717) is 19.3 Å². The van der Waals surface area contributed by atoms with Crippen LogP contribution >= 0.6 is 0 Å². The van der Waals surface area contributed by atoms with Crippen molar-refractivity contribution in [2.45, 2.75) is 386 Å². The summed E-state index contributed by atoms with van der Waals surface area (Å²) in [6, 6.07) is 0. The second-order valence-electron chi connectivity index (χ2n) is 24.5. The number of ether oxygens (including phenoxy) is 3. The van der Waals surface area contributed by atoms with Gasteiger partial charge >= 0.3 is 17.9 Å². The highest BCUT2D eigenvalue weighted by Gasteiger charge is 2.19. The van der Waals surface area contributed by atoms with E-state index in [-0.39, 0.29) is 31.1 Å². The fourth-order valence-electron chi connectivity index (χ4n) is 10.8. The lowest BCUT2D eigenvalue weighted by Crippen LogP contribution is -2.30. The molecule has 0 saturated heterocycles. The standard InChI is InChI=1S/C77H138O6/c1-4-7-10-13-16-19-21-23-25-27-29-31-33-34-35-36-37-38-39-40-41-42-44-45-47-49-51-53-55-58-61-64-67-70-76(79)82-73-74(72-81-75(78)69-66-63-60-57-18-15-12-9-6-3)83-77(80)71-68-65-62-59-56-54-52-50-48-46-43-32-30-28-26-24-22-20-17-14-11-8-5-2/h8,11,17,20,24,26-27,29-30,32,46,48,74H,4-7,9-10,12-16,18-19,21-23,25,28,31,33-45,47,49-73H2,1-3H3/b11-8-,20-17-,26-24-,29-27-,32-30-,48-46-. The molecule has 0 amide bonds. The molecule has 1 atom stereocenters. The molecule has 0 heterocycles. The third-order valence-corrected chi connectivity index (χ3v) is 16.2. The monoisotopic (exact) mass is 1160 g/mol. The normalized spacial score (nSPS) is 12.5. The molecule has 6 nitrogen and oxygen atoms in total. The van der Waals surface area contributed by atoms with Gasteiger partial charge in [0.15, 0.2) is 6.10 Å². The number of rotatable bonds is 67. The van der Waals surface area contributed by atoms with Crippen LogP contribution in [0.5, 0.6) is 0 Å². The molecule has 0 aromatic heterocycles. The smallest absolute Gasteiger partial charge is 0.306 e. The van der Waals surface area contributed by atoms with E-state index in [9.17, 15) is 14.4 Å². The quantitative estimate of drug-likeness (QED) is 0.0261. The Morgan fingerprint density at radius 1 is 0.253 bits per heavy atom. The van der Waals surface area contributed by atoms with Gasteiger partial charge < -0.3 is 14.2 Å². The molecule has 0 saturated carbocycles. The van der Waals surface area contributed by atoms with E-state index < -0.39 is 6.10 Å². The third kappa shape index (κ3) is 69.5. The fourth-order valence-corrected chi connectivity index (χ4v) is 10.8. The van der Waals surface area contributed by atoms with Gasteiger partial charge in [0.25, 0.3) is 0 Å². The van der Waals surface area contributed by atoms with E-state index in [0.717, 1.165) is 96.3 Å². The summed E-state index contributed by atoms with van der Waals surface area (Å²) in [7, 11) is 0. The molecular weight excluding hydrogens is 1020 g/mol. The molecule has 0 aliphatic carbocycles. The zero-order valence-electron chi connectivity index (χ0n) is 55.5. The lowest BCUT2D eigenvalue weighted by molar-refractivity contribution is -0.167. The van der Waals surface area contributed by atoms with Crippen LogP contribution in [0.4, 0.5) is 0 Å². The van der Waals surface area contributed by atoms with Gasteiger partial charge in [-0.25, -0.2) is 0 Å². The van der Waals surface area contributed by atoms with Crippen LogP contribution in [0.3, 0.4) is 0 Å².